The minimum Gasteiger partial charge on any atom is -0.356 e. The Balaban J connectivity index is 0.00000306. The molecule has 182 valence electrons. The lowest BCUT2D eigenvalue weighted by Gasteiger charge is -2.29. The third-order valence-electron chi connectivity index (χ3n) is 7.11. The molecule has 8 heteroatoms. The van der Waals surface area contributed by atoms with E-state index in [1.54, 1.807) is 7.05 Å². The zero-order valence-electron chi connectivity index (χ0n) is 19.7. The van der Waals surface area contributed by atoms with Crippen molar-refractivity contribution in [3.05, 3.63) is 35.4 Å². The van der Waals surface area contributed by atoms with Crippen molar-refractivity contribution in [2.45, 2.75) is 64.0 Å². The van der Waals surface area contributed by atoms with Crippen LogP contribution in [0.1, 0.15) is 56.1 Å². The van der Waals surface area contributed by atoms with Gasteiger partial charge in [0.2, 0.25) is 11.8 Å². The summed E-state index contributed by atoms with van der Waals surface area (Å²) in [6, 6.07) is 8.63. The van der Waals surface area contributed by atoms with E-state index in [2.05, 4.69) is 33.8 Å². The van der Waals surface area contributed by atoms with Gasteiger partial charge in [-0.05, 0) is 43.2 Å². The van der Waals surface area contributed by atoms with E-state index in [4.69, 9.17) is 0 Å². The first-order valence-electron chi connectivity index (χ1n) is 12.2. The fraction of sp³-hybridized carbons (Fsp3) is 0.640. The van der Waals surface area contributed by atoms with Gasteiger partial charge in [0.15, 0.2) is 5.96 Å². The van der Waals surface area contributed by atoms with Crippen LogP contribution in [-0.2, 0) is 22.6 Å². The lowest BCUT2D eigenvalue weighted by molar-refractivity contribution is -0.134. The molecule has 2 heterocycles. The van der Waals surface area contributed by atoms with Gasteiger partial charge in [0.05, 0.1) is 0 Å². The molecule has 1 aromatic rings. The molecule has 4 rings (SSSR count). The summed E-state index contributed by atoms with van der Waals surface area (Å²) in [5.41, 5.74) is 2.63. The maximum atomic E-state index is 12.6. The Kier molecular flexibility index (Phi) is 9.82. The van der Waals surface area contributed by atoms with Crippen LogP contribution in [0.2, 0.25) is 0 Å². The standard InChI is InChI=1S/C25H37N5O2.HI/c1-26-25(28-22-13-16-30(18-22)24(32)20-8-3-4-9-20)27-14-6-11-23(31)29-15-12-19-7-2-5-10-21(19)17-29;/h2,5,7,10,20,22H,3-4,6,8-9,11-18H2,1H3,(H2,26,27,28);1H. The van der Waals surface area contributed by atoms with Gasteiger partial charge >= 0.3 is 0 Å². The Morgan fingerprint density at radius 3 is 2.58 bits per heavy atom. The monoisotopic (exact) mass is 567 g/mol. The summed E-state index contributed by atoms with van der Waals surface area (Å²) >= 11 is 0. The molecule has 1 saturated carbocycles. The zero-order chi connectivity index (χ0) is 22.3. The highest BCUT2D eigenvalue weighted by atomic mass is 127. The topological polar surface area (TPSA) is 77.0 Å². The Morgan fingerprint density at radius 2 is 1.82 bits per heavy atom. The quantitative estimate of drug-likeness (QED) is 0.240. The molecular weight excluding hydrogens is 529 g/mol. The highest BCUT2D eigenvalue weighted by molar-refractivity contribution is 14.0. The first-order valence-corrected chi connectivity index (χ1v) is 12.2. The Hall–Kier alpha value is -1.84. The van der Waals surface area contributed by atoms with Crippen molar-refractivity contribution in [2.75, 3.05) is 33.2 Å². The molecule has 2 aliphatic heterocycles. The number of fused-ring (bicyclic) bond motifs is 1. The molecule has 2 fully saturated rings. The molecule has 0 radical (unpaired) electrons. The number of carbonyl (C=O) groups excluding carboxylic acids is 2. The summed E-state index contributed by atoms with van der Waals surface area (Å²) < 4.78 is 0. The summed E-state index contributed by atoms with van der Waals surface area (Å²) in [4.78, 5) is 33.6. The zero-order valence-corrected chi connectivity index (χ0v) is 22.1. The van der Waals surface area contributed by atoms with E-state index >= 15 is 0 Å². The number of aliphatic imine (C=N–C) groups is 1. The fourth-order valence-corrected chi connectivity index (χ4v) is 5.21. The number of hydrogen-bond acceptors (Lipinski definition) is 3. The smallest absolute Gasteiger partial charge is 0.225 e. The average Bonchev–Trinajstić information content (AvgIpc) is 3.52. The van der Waals surface area contributed by atoms with Gasteiger partial charge in [0, 0.05) is 58.2 Å². The molecule has 1 unspecified atom stereocenters. The molecule has 1 aliphatic carbocycles. The van der Waals surface area contributed by atoms with Gasteiger partial charge in [0.25, 0.3) is 0 Å². The minimum atomic E-state index is 0. The Labute approximate surface area is 214 Å². The van der Waals surface area contributed by atoms with E-state index in [9.17, 15) is 9.59 Å². The van der Waals surface area contributed by atoms with Crippen LogP contribution in [0.3, 0.4) is 0 Å². The van der Waals surface area contributed by atoms with Crippen LogP contribution in [0, 0.1) is 5.92 Å². The number of guanidine groups is 1. The van der Waals surface area contributed by atoms with Crippen LogP contribution in [0.4, 0.5) is 0 Å². The first-order chi connectivity index (χ1) is 15.6. The second-order valence-corrected chi connectivity index (χ2v) is 9.33. The summed E-state index contributed by atoms with van der Waals surface area (Å²) in [5.74, 6) is 1.57. The third-order valence-corrected chi connectivity index (χ3v) is 7.11. The SMILES string of the molecule is CN=C(NCCCC(=O)N1CCc2ccccc2C1)NC1CCN(C(=O)C2CCCC2)C1.I. The van der Waals surface area contributed by atoms with Crippen molar-refractivity contribution in [1.82, 2.24) is 20.4 Å². The number of nitrogens with zero attached hydrogens (tertiary/aromatic N) is 3. The molecule has 1 saturated heterocycles. The number of halogens is 1. The van der Waals surface area contributed by atoms with E-state index in [0.717, 1.165) is 64.2 Å². The average molecular weight is 568 g/mol. The third kappa shape index (κ3) is 6.83. The van der Waals surface area contributed by atoms with Crippen molar-refractivity contribution in [3.63, 3.8) is 0 Å². The number of rotatable bonds is 6. The normalized spacial score (nSPS) is 20.9. The summed E-state index contributed by atoms with van der Waals surface area (Å²) in [5, 5.41) is 6.79. The van der Waals surface area contributed by atoms with E-state index in [1.807, 2.05) is 15.9 Å². The Morgan fingerprint density at radius 1 is 1.06 bits per heavy atom. The fourth-order valence-electron chi connectivity index (χ4n) is 5.21. The van der Waals surface area contributed by atoms with E-state index in [0.29, 0.717) is 18.9 Å². The number of hydrogen-bond donors (Lipinski definition) is 2. The van der Waals surface area contributed by atoms with Gasteiger partial charge in [-0.3, -0.25) is 14.6 Å². The van der Waals surface area contributed by atoms with Crippen molar-refractivity contribution in [3.8, 4) is 0 Å². The van der Waals surface area contributed by atoms with E-state index < -0.39 is 0 Å². The molecular formula is C25H38IN5O2. The number of carbonyl (C=O) groups is 2. The van der Waals surface area contributed by atoms with Crippen molar-refractivity contribution < 1.29 is 9.59 Å². The Bertz CT molecular complexity index is 840. The van der Waals surface area contributed by atoms with Crippen molar-refractivity contribution in [1.29, 1.82) is 0 Å². The largest absolute Gasteiger partial charge is 0.356 e. The summed E-state index contributed by atoms with van der Waals surface area (Å²) in [6.07, 6.45) is 7.70. The van der Waals surface area contributed by atoms with Gasteiger partial charge in [0.1, 0.15) is 0 Å². The van der Waals surface area contributed by atoms with Crippen LogP contribution in [0.5, 0.6) is 0 Å². The minimum absolute atomic E-state index is 0. The highest BCUT2D eigenvalue weighted by Gasteiger charge is 2.32. The second kappa shape index (κ2) is 12.6. The van der Waals surface area contributed by atoms with Crippen LogP contribution in [0.25, 0.3) is 0 Å². The molecule has 3 aliphatic rings. The van der Waals surface area contributed by atoms with Crippen molar-refractivity contribution >= 4 is 41.8 Å². The predicted molar refractivity (Wildman–Crippen MR) is 142 cm³/mol. The summed E-state index contributed by atoms with van der Waals surface area (Å²) in [6.45, 7) is 3.82. The maximum Gasteiger partial charge on any atom is 0.225 e. The molecule has 1 atom stereocenters. The van der Waals surface area contributed by atoms with Gasteiger partial charge < -0.3 is 20.4 Å². The second-order valence-electron chi connectivity index (χ2n) is 9.33. The number of amides is 2. The van der Waals surface area contributed by atoms with Gasteiger partial charge in [-0.25, -0.2) is 0 Å². The number of nitrogens with one attached hydrogen (secondary N) is 2. The van der Waals surface area contributed by atoms with Crippen LogP contribution in [-0.4, -0.2) is 66.8 Å². The van der Waals surface area contributed by atoms with Gasteiger partial charge in [-0.1, -0.05) is 37.1 Å². The number of likely N-dealkylation sites (tertiary alicyclic amines) is 1. The molecule has 7 nitrogen and oxygen atoms in total. The van der Waals surface area contributed by atoms with E-state index in [1.165, 1.54) is 24.0 Å². The molecule has 0 bridgehead atoms. The van der Waals surface area contributed by atoms with Gasteiger partial charge in [-0.2, -0.15) is 0 Å². The van der Waals surface area contributed by atoms with E-state index in [-0.39, 0.29) is 41.8 Å². The molecule has 2 amide bonds. The molecule has 1 aromatic carbocycles. The molecule has 2 N–H and O–H groups in total. The maximum absolute atomic E-state index is 12.6. The molecule has 0 spiro atoms. The molecule has 0 aromatic heterocycles. The van der Waals surface area contributed by atoms with Crippen LogP contribution in [0.15, 0.2) is 29.3 Å². The molecule has 33 heavy (non-hydrogen) atoms. The predicted octanol–water partition coefficient (Wildman–Crippen LogP) is 2.93. The van der Waals surface area contributed by atoms with Crippen LogP contribution < -0.4 is 10.6 Å². The number of benzene rings is 1. The highest BCUT2D eigenvalue weighted by Crippen LogP contribution is 2.27. The lowest BCUT2D eigenvalue weighted by Crippen LogP contribution is -2.45. The van der Waals surface area contributed by atoms with Crippen molar-refractivity contribution in [2.24, 2.45) is 10.9 Å². The van der Waals surface area contributed by atoms with Gasteiger partial charge in [-0.15, -0.1) is 24.0 Å². The lowest BCUT2D eigenvalue weighted by atomic mass is 9.99. The summed E-state index contributed by atoms with van der Waals surface area (Å²) in [7, 11) is 1.77. The van der Waals surface area contributed by atoms with Crippen LogP contribution >= 0.6 is 24.0 Å². The first kappa shape index (κ1) is 25.8.